The number of rotatable bonds is 4. The van der Waals surface area contributed by atoms with Gasteiger partial charge in [-0.2, -0.15) is 0 Å². The zero-order valence-corrected chi connectivity index (χ0v) is 12.4. The Hall–Kier alpha value is -2.76. The minimum Gasteiger partial charge on any atom is -0.454 e. The molecular weight excluding hydrogens is 282 g/mol. The molecule has 114 valence electrons. The molecule has 1 aromatic heterocycles. The molecule has 22 heavy (non-hydrogen) atoms. The van der Waals surface area contributed by atoms with Gasteiger partial charge in [-0.05, 0) is 32.0 Å². The molecule has 1 aliphatic heterocycles. The molecule has 0 bridgehead atoms. The van der Waals surface area contributed by atoms with Crippen molar-refractivity contribution in [3.8, 4) is 11.5 Å². The Morgan fingerprint density at radius 1 is 1.14 bits per heavy atom. The van der Waals surface area contributed by atoms with Gasteiger partial charge in [-0.3, -0.25) is 9.78 Å². The Kier molecular flexibility index (Phi) is 3.82. The average molecular weight is 299 g/mol. The molecule has 6 nitrogen and oxygen atoms in total. The number of benzene rings is 1. The first-order chi connectivity index (χ1) is 10.6. The van der Waals surface area contributed by atoms with Crippen molar-refractivity contribution in [1.82, 2.24) is 10.3 Å². The highest BCUT2D eigenvalue weighted by Gasteiger charge is 2.13. The molecule has 1 aliphatic rings. The second-order valence-electron chi connectivity index (χ2n) is 5.28. The molecule has 0 radical (unpaired) electrons. The number of aromatic nitrogens is 1. The zero-order chi connectivity index (χ0) is 15.5. The highest BCUT2D eigenvalue weighted by Crippen LogP contribution is 2.35. The van der Waals surface area contributed by atoms with E-state index in [4.69, 9.17) is 9.47 Å². The van der Waals surface area contributed by atoms with Crippen LogP contribution >= 0.6 is 0 Å². The highest BCUT2D eigenvalue weighted by atomic mass is 16.7. The molecule has 2 N–H and O–H groups in total. The number of nitrogens with one attached hydrogen (secondary N) is 2. The number of anilines is 2. The van der Waals surface area contributed by atoms with Crippen LogP contribution in [0, 0.1) is 0 Å². The quantitative estimate of drug-likeness (QED) is 0.908. The van der Waals surface area contributed by atoms with Gasteiger partial charge < -0.3 is 20.1 Å². The van der Waals surface area contributed by atoms with E-state index < -0.39 is 0 Å². The normalized spacial score (nSPS) is 12.3. The minimum absolute atomic E-state index is 0.0815. The van der Waals surface area contributed by atoms with Gasteiger partial charge in [0.25, 0.3) is 5.91 Å². The third kappa shape index (κ3) is 3.11. The van der Waals surface area contributed by atoms with Gasteiger partial charge in [0, 0.05) is 24.0 Å². The van der Waals surface area contributed by atoms with Gasteiger partial charge in [0.15, 0.2) is 11.5 Å². The third-order valence-electron chi connectivity index (χ3n) is 3.08. The van der Waals surface area contributed by atoms with Crippen LogP contribution < -0.4 is 20.1 Å². The van der Waals surface area contributed by atoms with Crippen LogP contribution in [0.1, 0.15) is 24.2 Å². The predicted molar refractivity (Wildman–Crippen MR) is 82.7 cm³/mol. The van der Waals surface area contributed by atoms with Crippen molar-refractivity contribution in [2.45, 2.75) is 19.9 Å². The molecule has 0 atom stereocenters. The van der Waals surface area contributed by atoms with Crippen molar-refractivity contribution in [3.63, 3.8) is 0 Å². The highest BCUT2D eigenvalue weighted by molar-refractivity contribution is 5.95. The Labute approximate surface area is 128 Å². The fourth-order valence-corrected chi connectivity index (χ4v) is 2.12. The summed E-state index contributed by atoms with van der Waals surface area (Å²) in [7, 11) is 0. The first-order valence-corrected chi connectivity index (χ1v) is 7.04. The van der Waals surface area contributed by atoms with Crippen LogP contribution in [0.2, 0.25) is 0 Å². The summed E-state index contributed by atoms with van der Waals surface area (Å²) in [6.45, 7) is 4.07. The van der Waals surface area contributed by atoms with Crippen molar-refractivity contribution in [2.75, 3.05) is 12.1 Å². The Bertz CT molecular complexity index is 701. The Balaban J connectivity index is 1.77. The second-order valence-corrected chi connectivity index (χ2v) is 5.28. The van der Waals surface area contributed by atoms with Gasteiger partial charge >= 0.3 is 0 Å². The van der Waals surface area contributed by atoms with Gasteiger partial charge in [-0.15, -0.1) is 0 Å². The maximum absolute atomic E-state index is 12.0. The van der Waals surface area contributed by atoms with Crippen molar-refractivity contribution in [2.24, 2.45) is 0 Å². The lowest BCUT2D eigenvalue weighted by molar-refractivity contribution is 0.0943. The van der Waals surface area contributed by atoms with E-state index in [9.17, 15) is 4.79 Å². The Morgan fingerprint density at radius 2 is 1.95 bits per heavy atom. The topological polar surface area (TPSA) is 72.5 Å². The van der Waals surface area contributed by atoms with E-state index in [1.54, 1.807) is 18.5 Å². The molecule has 0 fully saturated rings. The van der Waals surface area contributed by atoms with E-state index in [0.717, 1.165) is 17.1 Å². The number of nitrogens with zero attached hydrogens (tertiary/aromatic N) is 1. The van der Waals surface area contributed by atoms with Gasteiger partial charge in [0.05, 0.1) is 17.4 Å². The lowest BCUT2D eigenvalue weighted by atomic mass is 10.2. The maximum Gasteiger partial charge on any atom is 0.253 e. The van der Waals surface area contributed by atoms with E-state index in [-0.39, 0.29) is 18.7 Å². The molecule has 0 spiro atoms. The summed E-state index contributed by atoms with van der Waals surface area (Å²) >= 11 is 0. The molecule has 1 aromatic carbocycles. The van der Waals surface area contributed by atoms with E-state index in [2.05, 4.69) is 15.6 Å². The SMILES string of the molecule is CC(C)NC(=O)c1cncc(Nc2ccc3c(c2)OCO3)c1. The van der Waals surface area contributed by atoms with E-state index >= 15 is 0 Å². The lowest BCUT2D eigenvalue weighted by Gasteiger charge is -2.10. The van der Waals surface area contributed by atoms with Gasteiger partial charge in [-0.25, -0.2) is 0 Å². The molecule has 0 saturated carbocycles. The first-order valence-electron chi connectivity index (χ1n) is 7.04. The summed E-state index contributed by atoms with van der Waals surface area (Å²) in [6.07, 6.45) is 3.21. The summed E-state index contributed by atoms with van der Waals surface area (Å²) in [5.41, 5.74) is 2.09. The molecule has 1 amide bonds. The fourth-order valence-electron chi connectivity index (χ4n) is 2.12. The largest absolute Gasteiger partial charge is 0.454 e. The van der Waals surface area contributed by atoms with Crippen LogP contribution in [-0.4, -0.2) is 23.7 Å². The first kappa shape index (κ1) is 14.2. The molecular formula is C16H17N3O3. The van der Waals surface area contributed by atoms with Gasteiger partial charge in [0.1, 0.15) is 0 Å². The summed E-state index contributed by atoms with van der Waals surface area (Å²) in [5, 5.41) is 6.05. The molecule has 6 heteroatoms. The molecule has 3 rings (SSSR count). The smallest absolute Gasteiger partial charge is 0.253 e. The number of carbonyl (C=O) groups excluding carboxylic acids is 1. The third-order valence-corrected chi connectivity index (χ3v) is 3.08. The van der Waals surface area contributed by atoms with E-state index in [1.807, 2.05) is 32.0 Å². The average Bonchev–Trinajstić information content (AvgIpc) is 2.94. The van der Waals surface area contributed by atoms with Crippen molar-refractivity contribution >= 4 is 17.3 Å². The standard InChI is InChI=1S/C16H17N3O3/c1-10(2)18-16(20)11-5-13(8-17-7-11)19-12-3-4-14-15(6-12)22-9-21-14/h3-8,10,19H,9H2,1-2H3,(H,18,20). The summed E-state index contributed by atoms with van der Waals surface area (Å²) in [6, 6.07) is 7.42. The minimum atomic E-state index is -0.142. The number of ether oxygens (including phenoxy) is 2. The van der Waals surface area contributed by atoms with Crippen molar-refractivity contribution < 1.29 is 14.3 Å². The summed E-state index contributed by atoms with van der Waals surface area (Å²) in [5.74, 6) is 1.29. The number of amides is 1. The summed E-state index contributed by atoms with van der Waals surface area (Å²) in [4.78, 5) is 16.1. The Morgan fingerprint density at radius 3 is 2.77 bits per heavy atom. The number of pyridine rings is 1. The molecule has 0 unspecified atom stereocenters. The van der Waals surface area contributed by atoms with E-state index in [1.165, 1.54) is 0 Å². The lowest BCUT2D eigenvalue weighted by Crippen LogP contribution is -2.30. The predicted octanol–water partition coefficient (Wildman–Crippen LogP) is 2.69. The molecule has 2 aromatic rings. The summed E-state index contributed by atoms with van der Waals surface area (Å²) < 4.78 is 10.6. The number of carbonyl (C=O) groups is 1. The van der Waals surface area contributed by atoms with Crippen molar-refractivity contribution in [1.29, 1.82) is 0 Å². The second kappa shape index (κ2) is 5.93. The monoisotopic (exact) mass is 299 g/mol. The van der Waals surface area contributed by atoms with Gasteiger partial charge in [-0.1, -0.05) is 0 Å². The zero-order valence-electron chi connectivity index (χ0n) is 12.4. The molecule has 2 heterocycles. The van der Waals surface area contributed by atoms with Crippen LogP contribution in [0.4, 0.5) is 11.4 Å². The van der Waals surface area contributed by atoms with E-state index in [0.29, 0.717) is 11.3 Å². The number of hydrogen-bond acceptors (Lipinski definition) is 5. The van der Waals surface area contributed by atoms with Crippen molar-refractivity contribution in [3.05, 3.63) is 42.2 Å². The van der Waals surface area contributed by atoms with Crippen LogP contribution in [0.5, 0.6) is 11.5 Å². The number of hydrogen-bond donors (Lipinski definition) is 2. The van der Waals surface area contributed by atoms with Crippen LogP contribution in [0.3, 0.4) is 0 Å². The molecule has 0 aliphatic carbocycles. The fraction of sp³-hybridized carbons (Fsp3) is 0.250. The van der Waals surface area contributed by atoms with Crippen LogP contribution in [0.15, 0.2) is 36.7 Å². The number of fused-ring (bicyclic) bond motifs is 1. The van der Waals surface area contributed by atoms with Crippen LogP contribution in [-0.2, 0) is 0 Å². The molecule has 0 saturated heterocycles. The van der Waals surface area contributed by atoms with Gasteiger partial charge in [0.2, 0.25) is 6.79 Å². The van der Waals surface area contributed by atoms with Crippen LogP contribution in [0.25, 0.3) is 0 Å². The maximum atomic E-state index is 12.0.